The monoisotopic (exact) mass is 350 g/mol. The van der Waals surface area contributed by atoms with Gasteiger partial charge in [-0.15, -0.1) is 0 Å². The molecule has 2 rings (SSSR count). The number of methoxy groups -OCH3 is 1. The Bertz CT molecular complexity index is 884. The molecular weight excluding hydrogens is 332 g/mol. The van der Waals surface area contributed by atoms with Crippen molar-refractivity contribution >= 4 is 28.9 Å². The largest absolute Gasteiger partial charge is 0.495 e. The second kappa shape index (κ2) is 8.89. The molecule has 0 radical (unpaired) electrons. The van der Waals surface area contributed by atoms with Crippen molar-refractivity contribution in [3.05, 3.63) is 60.3 Å². The average molecular weight is 350 g/mol. The van der Waals surface area contributed by atoms with Crippen molar-refractivity contribution in [2.75, 3.05) is 23.1 Å². The molecule has 2 aromatic carbocycles. The van der Waals surface area contributed by atoms with Crippen LogP contribution in [-0.4, -0.2) is 18.9 Å². The number of anilines is 3. The van der Waals surface area contributed by atoms with Crippen molar-refractivity contribution in [1.82, 2.24) is 0 Å². The summed E-state index contributed by atoms with van der Waals surface area (Å²) in [5.74, 6) is -0.261. The van der Waals surface area contributed by atoms with Crippen LogP contribution in [0.2, 0.25) is 0 Å². The molecule has 0 aromatic heterocycles. The van der Waals surface area contributed by atoms with Gasteiger partial charge in [0.15, 0.2) is 0 Å². The zero-order valence-electron chi connectivity index (χ0n) is 14.4. The quantitative estimate of drug-likeness (QED) is 0.549. The van der Waals surface area contributed by atoms with Crippen molar-refractivity contribution in [2.45, 2.75) is 6.92 Å². The molecule has 0 heterocycles. The highest BCUT2D eigenvalue weighted by Crippen LogP contribution is 2.23. The fraction of sp³-hybridized carbons (Fsp3) is 0.105. The van der Waals surface area contributed by atoms with Crippen LogP contribution in [0.5, 0.6) is 5.75 Å². The van der Waals surface area contributed by atoms with Gasteiger partial charge in [0.1, 0.15) is 17.4 Å². The number of nitrogens with zero attached hydrogens (tertiary/aromatic N) is 1. The maximum atomic E-state index is 12.3. The van der Waals surface area contributed by atoms with Gasteiger partial charge in [0.2, 0.25) is 5.91 Å². The van der Waals surface area contributed by atoms with Crippen molar-refractivity contribution in [3.63, 3.8) is 0 Å². The Labute approximate surface area is 151 Å². The topological polar surface area (TPSA) is 103 Å². The zero-order chi connectivity index (χ0) is 18.9. The van der Waals surface area contributed by atoms with Gasteiger partial charge in [-0.25, -0.2) is 0 Å². The van der Waals surface area contributed by atoms with Gasteiger partial charge in [0, 0.05) is 24.5 Å². The standard InChI is InChI=1S/C19H18N4O3/c1-13(24)22-16-7-5-6-15(10-16)21-12-14(11-20)19(25)23-17-8-3-4-9-18(17)26-2/h3-10,12,21H,1-2H3,(H,22,24)(H,23,25)/b14-12-. The molecule has 0 atom stereocenters. The number of amides is 2. The minimum atomic E-state index is -0.567. The summed E-state index contributed by atoms with van der Waals surface area (Å²) in [4.78, 5) is 23.4. The number of hydrogen-bond acceptors (Lipinski definition) is 5. The lowest BCUT2D eigenvalue weighted by Gasteiger charge is -2.09. The van der Waals surface area contributed by atoms with Gasteiger partial charge >= 0.3 is 0 Å². The lowest BCUT2D eigenvalue weighted by atomic mass is 10.2. The fourth-order valence-electron chi connectivity index (χ4n) is 2.13. The van der Waals surface area contributed by atoms with E-state index < -0.39 is 5.91 Å². The highest BCUT2D eigenvalue weighted by molar-refractivity contribution is 6.07. The first-order chi connectivity index (χ1) is 12.5. The van der Waals surface area contributed by atoms with E-state index in [0.29, 0.717) is 22.8 Å². The molecule has 26 heavy (non-hydrogen) atoms. The average Bonchev–Trinajstić information content (AvgIpc) is 2.62. The SMILES string of the molecule is COc1ccccc1NC(=O)/C(C#N)=C\Nc1cccc(NC(C)=O)c1. The number of carbonyl (C=O) groups is 2. The Balaban J connectivity index is 2.11. The molecule has 0 spiro atoms. The second-order valence-electron chi connectivity index (χ2n) is 5.23. The Morgan fingerprint density at radius 2 is 1.81 bits per heavy atom. The Morgan fingerprint density at radius 3 is 2.50 bits per heavy atom. The second-order valence-corrected chi connectivity index (χ2v) is 5.23. The molecule has 0 bridgehead atoms. The van der Waals surface area contributed by atoms with Gasteiger partial charge < -0.3 is 20.7 Å². The molecule has 2 amide bonds. The third-order valence-electron chi connectivity index (χ3n) is 3.29. The Morgan fingerprint density at radius 1 is 1.08 bits per heavy atom. The molecule has 0 aliphatic rings. The molecule has 0 unspecified atom stereocenters. The first-order valence-corrected chi connectivity index (χ1v) is 7.72. The lowest BCUT2D eigenvalue weighted by molar-refractivity contribution is -0.114. The maximum Gasteiger partial charge on any atom is 0.267 e. The summed E-state index contributed by atoms with van der Waals surface area (Å²) in [6.45, 7) is 1.41. The molecule has 0 saturated carbocycles. The summed E-state index contributed by atoms with van der Waals surface area (Å²) in [6, 6.07) is 15.7. The molecule has 0 saturated heterocycles. The number of rotatable bonds is 6. The van der Waals surface area contributed by atoms with E-state index in [-0.39, 0.29) is 11.5 Å². The van der Waals surface area contributed by atoms with Gasteiger partial charge in [-0.3, -0.25) is 9.59 Å². The zero-order valence-corrected chi connectivity index (χ0v) is 14.4. The number of carbonyl (C=O) groups excluding carboxylic acids is 2. The van der Waals surface area contributed by atoms with E-state index in [2.05, 4.69) is 16.0 Å². The van der Waals surface area contributed by atoms with E-state index >= 15 is 0 Å². The number of nitriles is 1. The van der Waals surface area contributed by atoms with Crippen molar-refractivity contribution < 1.29 is 14.3 Å². The van der Waals surface area contributed by atoms with Gasteiger partial charge in [-0.1, -0.05) is 18.2 Å². The van der Waals surface area contributed by atoms with Gasteiger partial charge in [-0.05, 0) is 30.3 Å². The van der Waals surface area contributed by atoms with Crippen LogP contribution in [0.15, 0.2) is 60.3 Å². The molecule has 7 heteroatoms. The normalized spacial score (nSPS) is 10.4. The van der Waals surface area contributed by atoms with Crippen LogP contribution in [0, 0.1) is 11.3 Å². The summed E-state index contributed by atoms with van der Waals surface area (Å²) >= 11 is 0. The summed E-state index contributed by atoms with van der Waals surface area (Å²) < 4.78 is 5.17. The van der Waals surface area contributed by atoms with Crippen LogP contribution in [0.1, 0.15) is 6.92 Å². The summed E-state index contributed by atoms with van der Waals surface area (Å²) in [5, 5.41) is 17.4. The third kappa shape index (κ3) is 5.11. The molecular formula is C19H18N4O3. The van der Waals surface area contributed by atoms with E-state index in [1.165, 1.54) is 20.2 Å². The molecule has 7 nitrogen and oxygen atoms in total. The highest BCUT2D eigenvalue weighted by Gasteiger charge is 2.12. The first kappa shape index (κ1) is 18.5. The van der Waals surface area contributed by atoms with Crippen LogP contribution >= 0.6 is 0 Å². The highest BCUT2D eigenvalue weighted by atomic mass is 16.5. The maximum absolute atomic E-state index is 12.3. The van der Waals surface area contributed by atoms with Gasteiger partial charge in [0.25, 0.3) is 5.91 Å². The lowest BCUT2D eigenvalue weighted by Crippen LogP contribution is -2.15. The Hall–Kier alpha value is -3.79. The van der Waals surface area contributed by atoms with Crippen molar-refractivity contribution in [2.24, 2.45) is 0 Å². The van der Waals surface area contributed by atoms with Gasteiger partial charge in [-0.2, -0.15) is 5.26 Å². The molecule has 0 fully saturated rings. The van der Waals surface area contributed by atoms with Crippen molar-refractivity contribution in [1.29, 1.82) is 5.26 Å². The van der Waals surface area contributed by atoms with E-state index in [0.717, 1.165) is 0 Å². The summed E-state index contributed by atoms with van der Waals surface area (Å²) in [5.41, 5.74) is 1.58. The van der Waals surface area contributed by atoms with Crippen LogP contribution in [-0.2, 0) is 9.59 Å². The first-order valence-electron chi connectivity index (χ1n) is 7.72. The van der Waals surface area contributed by atoms with Gasteiger partial charge in [0.05, 0.1) is 12.8 Å². The number of para-hydroxylation sites is 2. The molecule has 0 aliphatic heterocycles. The molecule has 0 aliphatic carbocycles. The minimum absolute atomic E-state index is 0.110. The minimum Gasteiger partial charge on any atom is -0.495 e. The predicted octanol–water partition coefficient (Wildman–Crippen LogP) is 3.11. The number of ether oxygens (including phenoxy) is 1. The Kier molecular flexibility index (Phi) is 6.34. The van der Waals surface area contributed by atoms with Crippen LogP contribution in [0.3, 0.4) is 0 Å². The number of nitrogens with one attached hydrogen (secondary N) is 3. The van der Waals surface area contributed by atoms with Crippen LogP contribution < -0.4 is 20.7 Å². The fourth-order valence-corrected chi connectivity index (χ4v) is 2.13. The van der Waals surface area contributed by atoms with Crippen molar-refractivity contribution in [3.8, 4) is 11.8 Å². The smallest absolute Gasteiger partial charge is 0.267 e. The number of hydrogen-bond donors (Lipinski definition) is 3. The summed E-state index contributed by atoms with van der Waals surface area (Å²) in [7, 11) is 1.50. The van der Waals surface area contributed by atoms with Crippen LogP contribution in [0.25, 0.3) is 0 Å². The van der Waals surface area contributed by atoms with E-state index in [1.807, 2.05) is 6.07 Å². The van der Waals surface area contributed by atoms with E-state index in [4.69, 9.17) is 4.74 Å². The predicted molar refractivity (Wildman–Crippen MR) is 99.7 cm³/mol. The van der Waals surface area contributed by atoms with E-state index in [1.54, 1.807) is 48.5 Å². The molecule has 3 N–H and O–H groups in total. The molecule has 2 aromatic rings. The number of benzene rings is 2. The van der Waals surface area contributed by atoms with E-state index in [9.17, 15) is 14.9 Å². The molecule has 132 valence electrons. The summed E-state index contributed by atoms with van der Waals surface area (Å²) in [6.07, 6.45) is 1.30. The third-order valence-corrected chi connectivity index (χ3v) is 3.29. The van der Waals surface area contributed by atoms with Crippen LogP contribution in [0.4, 0.5) is 17.1 Å².